The van der Waals surface area contributed by atoms with Crippen LogP contribution >= 0.6 is 0 Å². The van der Waals surface area contributed by atoms with Gasteiger partial charge in [0.25, 0.3) is 5.91 Å². The minimum absolute atomic E-state index is 0.00859. The zero-order valence-corrected chi connectivity index (χ0v) is 15.6. The van der Waals surface area contributed by atoms with Crippen molar-refractivity contribution in [2.75, 3.05) is 13.2 Å². The van der Waals surface area contributed by atoms with E-state index >= 15 is 0 Å². The van der Waals surface area contributed by atoms with Crippen molar-refractivity contribution in [2.45, 2.75) is 38.7 Å². The van der Waals surface area contributed by atoms with E-state index in [1.807, 2.05) is 36.4 Å². The zero-order valence-electron chi connectivity index (χ0n) is 15.6. The van der Waals surface area contributed by atoms with Gasteiger partial charge in [-0.3, -0.25) is 4.79 Å². The predicted molar refractivity (Wildman–Crippen MR) is 108 cm³/mol. The quantitative estimate of drug-likeness (QED) is 0.613. The molecule has 2 aromatic carbocycles. The van der Waals surface area contributed by atoms with Crippen LogP contribution < -0.4 is 5.32 Å². The number of ether oxygens (including phenoxy) is 1. The van der Waals surface area contributed by atoms with Gasteiger partial charge in [-0.1, -0.05) is 30.3 Å². The van der Waals surface area contributed by atoms with Crippen LogP contribution in [0.3, 0.4) is 0 Å². The summed E-state index contributed by atoms with van der Waals surface area (Å²) in [5.41, 5.74) is 5.81. The van der Waals surface area contributed by atoms with E-state index in [1.54, 1.807) is 0 Å². The molecule has 27 heavy (non-hydrogen) atoms. The number of nitrogens with one attached hydrogen (secondary N) is 2. The van der Waals surface area contributed by atoms with Gasteiger partial charge in [0.05, 0.1) is 6.61 Å². The van der Waals surface area contributed by atoms with Gasteiger partial charge in [-0.25, -0.2) is 0 Å². The van der Waals surface area contributed by atoms with Crippen molar-refractivity contribution in [2.24, 2.45) is 0 Å². The van der Waals surface area contributed by atoms with Gasteiger partial charge in [-0.05, 0) is 61.4 Å². The third kappa shape index (κ3) is 4.22. The molecule has 0 fully saturated rings. The summed E-state index contributed by atoms with van der Waals surface area (Å²) in [7, 11) is 0. The molecule has 0 unspecified atom stereocenters. The van der Waals surface area contributed by atoms with Crippen molar-refractivity contribution < 1.29 is 9.53 Å². The molecule has 0 atom stereocenters. The number of fused-ring (bicyclic) bond motifs is 3. The van der Waals surface area contributed by atoms with E-state index in [9.17, 15) is 4.79 Å². The highest BCUT2D eigenvalue weighted by Gasteiger charge is 2.16. The number of aromatic nitrogens is 1. The third-order valence-electron chi connectivity index (χ3n) is 5.22. The lowest BCUT2D eigenvalue weighted by Crippen LogP contribution is -2.25. The van der Waals surface area contributed by atoms with Gasteiger partial charge >= 0.3 is 0 Å². The molecule has 0 saturated heterocycles. The molecule has 0 aliphatic heterocycles. The first-order chi connectivity index (χ1) is 13.3. The van der Waals surface area contributed by atoms with Crippen LogP contribution in [0.25, 0.3) is 10.9 Å². The number of hydrogen-bond acceptors (Lipinski definition) is 2. The minimum Gasteiger partial charge on any atom is -0.377 e. The van der Waals surface area contributed by atoms with Crippen LogP contribution in [0.1, 0.15) is 46.4 Å². The monoisotopic (exact) mass is 362 g/mol. The second kappa shape index (κ2) is 8.40. The Morgan fingerprint density at radius 3 is 2.81 bits per heavy atom. The fourth-order valence-electron chi connectivity index (χ4n) is 3.79. The Hall–Kier alpha value is -2.59. The lowest BCUT2D eigenvalue weighted by Gasteiger charge is -2.10. The molecule has 0 radical (unpaired) electrons. The number of aromatic amines is 1. The molecule has 2 N–H and O–H groups in total. The van der Waals surface area contributed by atoms with Crippen molar-refractivity contribution in [3.05, 3.63) is 70.9 Å². The van der Waals surface area contributed by atoms with Crippen LogP contribution in [-0.4, -0.2) is 24.0 Å². The number of benzene rings is 2. The van der Waals surface area contributed by atoms with E-state index in [1.165, 1.54) is 35.0 Å². The second-order valence-corrected chi connectivity index (χ2v) is 7.20. The molecule has 1 aliphatic carbocycles. The van der Waals surface area contributed by atoms with Crippen molar-refractivity contribution in [1.82, 2.24) is 10.3 Å². The summed E-state index contributed by atoms with van der Waals surface area (Å²) in [5, 5.41) is 4.22. The summed E-state index contributed by atoms with van der Waals surface area (Å²) in [6, 6.07) is 16.1. The van der Waals surface area contributed by atoms with E-state index in [0.717, 1.165) is 30.3 Å². The van der Waals surface area contributed by atoms with Gasteiger partial charge in [-0.15, -0.1) is 0 Å². The first-order valence-electron chi connectivity index (χ1n) is 9.84. The van der Waals surface area contributed by atoms with Crippen LogP contribution in [-0.2, 0) is 24.2 Å². The Balaban J connectivity index is 1.27. The number of carbonyl (C=O) groups is 1. The number of rotatable bonds is 7. The minimum atomic E-state index is -0.00859. The predicted octanol–water partition coefficient (Wildman–Crippen LogP) is 4.38. The summed E-state index contributed by atoms with van der Waals surface area (Å²) in [6.45, 7) is 1.88. The Morgan fingerprint density at radius 2 is 1.93 bits per heavy atom. The molecule has 4 rings (SSSR count). The largest absolute Gasteiger partial charge is 0.377 e. The van der Waals surface area contributed by atoms with E-state index < -0.39 is 0 Å². The molecule has 140 valence electrons. The number of aryl methyl sites for hydroxylation is 2. The molecule has 0 spiro atoms. The number of amides is 1. The molecule has 4 nitrogen and oxygen atoms in total. The fourth-order valence-corrected chi connectivity index (χ4v) is 3.79. The standard InChI is InChI=1S/C23H26N2O2/c26-23(24-13-6-14-27-16-17-7-2-1-3-8-17)18-11-12-22-20(15-18)19-9-4-5-10-21(19)25-22/h1-3,7-8,11-12,15,25H,4-6,9-10,13-14,16H2,(H,24,26). The van der Waals surface area contributed by atoms with E-state index in [0.29, 0.717) is 19.8 Å². The highest BCUT2D eigenvalue weighted by molar-refractivity contribution is 5.99. The van der Waals surface area contributed by atoms with Crippen LogP contribution in [0.4, 0.5) is 0 Å². The maximum Gasteiger partial charge on any atom is 0.251 e. The number of H-pyrrole nitrogens is 1. The molecule has 1 heterocycles. The molecular formula is C23H26N2O2. The van der Waals surface area contributed by atoms with Crippen molar-refractivity contribution in [3.63, 3.8) is 0 Å². The maximum atomic E-state index is 12.5. The molecular weight excluding hydrogens is 336 g/mol. The lowest BCUT2D eigenvalue weighted by molar-refractivity contribution is 0.0934. The van der Waals surface area contributed by atoms with Gasteiger partial charge in [0.1, 0.15) is 0 Å². The highest BCUT2D eigenvalue weighted by atomic mass is 16.5. The summed E-state index contributed by atoms with van der Waals surface area (Å²) in [6.07, 6.45) is 5.52. The summed E-state index contributed by atoms with van der Waals surface area (Å²) < 4.78 is 5.66. The van der Waals surface area contributed by atoms with Crippen LogP contribution in [0.5, 0.6) is 0 Å². The molecule has 4 heteroatoms. The summed E-state index contributed by atoms with van der Waals surface area (Å²) >= 11 is 0. The first-order valence-corrected chi connectivity index (χ1v) is 9.84. The van der Waals surface area contributed by atoms with E-state index in [4.69, 9.17) is 4.74 Å². The van der Waals surface area contributed by atoms with Gasteiger partial charge in [0.2, 0.25) is 0 Å². The van der Waals surface area contributed by atoms with E-state index in [-0.39, 0.29) is 5.91 Å². The molecule has 3 aromatic rings. The average molecular weight is 362 g/mol. The van der Waals surface area contributed by atoms with Crippen LogP contribution in [0.2, 0.25) is 0 Å². The fraction of sp³-hybridized carbons (Fsp3) is 0.348. The smallest absolute Gasteiger partial charge is 0.251 e. The third-order valence-corrected chi connectivity index (χ3v) is 5.22. The Morgan fingerprint density at radius 1 is 1.07 bits per heavy atom. The highest BCUT2D eigenvalue weighted by Crippen LogP contribution is 2.29. The van der Waals surface area contributed by atoms with E-state index in [2.05, 4.69) is 22.4 Å². The van der Waals surface area contributed by atoms with Crippen molar-refractivity contribution >= 4 is 16.8 Å². The maximum absolute atomic E-state index is 12.5. The van der Waals surface area contributed by atoms with Gasteiger partial charge in [0.15, 0.2) is 0 Å². The molecule has 0 saturated carbocycles. The zero-order chi connectivity index (χ0) is 18.5. The van der Waals surface area contributed by atoms with Crippen molar-refractivity contribution in [3.8, 4) is 0 Å². The normalized spacial score (nSPS) is 13.5. The molecule has 1 amide bonds. The number of carbonyl (C=O) groups excluding carboxylic acids is 1. The molecule has 1 aliphatic rings. The topological polar surface area (TPSA) is 54.1 Å². The van der Waals surface area contributed by atoms with Gasteiger partial charge < -0.3 is 15.0 Å². The van der Waals surface area contributed by atoms with Gasteiger partial charge in [-0.2, -0.15) is 0 Å². The first kappa shape index (κ1) is 17.8. The summed E-state index contributed by atoms with van der Waals surface area (Å²) in [5.74, 6) is -0.00859. The van der Waals surface area contributed by atoms with Crippen LogP contribution in [0, 0.1) is 0 Å². The Bertz CT molecular complexity index is 915. The van der Waals surface area contributed by atoms with Crippen molar-refractivity contribution in [1.29, 1.82) is 0 Å². The van der Waals surface area contributed by atoms with Gasteiger partial charge in [0, 0.05) is 35.3 Å². The Labute approximate surface area is 159 Å². The summed E-state index contributed by atoms with van der Waals surface area (Å²) in [4.78, 5) is 16.0. The average Bonchev–Trinajstić information content (AvgIpc) is 3.09. The molecule has 1 aromatic heterocycles. The molecule has 0 bridgehead atoms. The number of hydrogen-bond donors (Lipinski definition) is 2. The SMILES string of the molecule is O=C(NCCCOCc1ccccc1)c1ccc2[nH]c3c(c2c1)CCCC3. The lowest BCUT2D eigenvalue weighted by atomic mass is 9.95. The van der Waals surface area contributed by atoms with Crippen LogP contribution in [0.15, 0.2) is 48.5 Å². The second-order valence-electron chi connectivity index (χ2n) is 7.20. The Kier molecular flexibility index (Phi) is 5.54.